The minimum absolute atomic E-state index is 0.162. The van der Waals surface area contributed by atoms with Gasteiger partial charge in [0.25, 0.3) is 5.56 Å². The Morgan fingerprint density at radius 3 is 2.52 bits per heavy atom. The lowest BCUT2D eigenvalue weighted by Crippen LogP contribution is -2.29. The van der Waals surface area contributed by atoms with Crippen LogP contribution in [0.2, 0.25) is 0 Å². The molecule has 0 aliphatic rings. The van der Waals surface area contributed by atoms with Crippen molar-refractivity contribution >= 4 is 11.0 Å². The Morgan fingerprint density at radius 1 is 0.905 bits per heavy atom. The van der Waals surface area contributed by atoms with Crippen molar-refractivity contribution in [1.82, 2.24) is 19.1 Å². The van der Waals surface area contributed by atoms with E-state index >= 15 is 0 Å². The fraction of sp³-hybridized carbons (Fsp3) is 0.214. The van der Waals surface area contributed by atoms with E-state index in [1.165, 1.54) is 16.8 Å². The first-order valence-corrected chi connectivity index (χ1v) is 6.62. The van der Waals surface area contributed by atoms with Crippen LogP contribution in [-0.4, -0.2) is 19.1 Å². The molecule has 0 unspecified atom stereocenters. The predicted molar refractivity (Wildman–Crippen MR) is 78.5 cm³/mol. The Bertz CT molecular complexity index is 945. The number of para-hydroxylation sites is 2. The summed E-state index contributed by atoms with van der Waals surface area (Å²) in [6.45, 7) is 0.927. The van der Waals surface area contributed by atoms with Crippen molar-refractivity contribution in [2.75, 3.05) is 0 Å². The van der Waals surface area contributed by atoms with Crippen LogP contribution in [0.5, 0.6) is 0 Å². The number of H-pyrrole nitrogens is 2. The van der Waals surface area contributed by atoms with Gasteiger partial charge in [0.2, 0.25) is 0 Å². The summed E-state index contributed by atoms with van der Waals surface area (Å²) in [5.41, 5.74) is 0.628. The Hall–Kier alpha value is -2.83. The standard InChI is InChI=1S/C14H14N4O3/c19-12-6-9-17(13(20)16-12)7-3-8-18-11-5-2-1-4-10(11)15-14(18)21/h1-2,4-6,9H,3,7-8H2,(H,15,21)(H,16,19,20). The minimum Gasteiger partial charge on any atom is -0.306 e. The van der Waals surface area contributed by atoms with Gasteiger partial charge in [-0.05, 0) is 18.6 Å². The molecule has 21 heavy (non-hydrogen) atoms. The molecular formula is C14H14N4O3. The molecule has 0 bridgehead atoms. The summed E-state index contributed by atoms with van der Waals surface area (Å²) in [7, 11) is 0. The van der Waals surface area contributed by atoms with Gasteiger partial charge in [-0.15, -0.1) is 0 Å². The molecule has 7 heteroatoms. The second-order valence-electron chi connectivity index (χ2n) is 4.76. The zero-order valence-electron chi connectivity index (χ0n) is 11.2. The van der Waals surface area contributed by atoms with Crippen LogP contribution in [0.1, 0.15) is 6.42 Å². The van der Waals surface area contributed by atoms with E-state index in [2.05, 4.69) is 9.97 Å². The van der Waals surface area contributed by atoms with Gasteiger partial charge >= 0.3 is 11.4 Å². The molecule has 0 fully saturated rings. The maximum Gasteiger partial charge on any atom is 0.328 e. The van der Waals surface area contributed by atoms with Crippen LogP contribution in [0.4, 0.5) is 0 Å². The fourth-order valence-corrected chi connectivity index (χ4v) is 2.35. The second kappa shape index (κ2) is 5.28. The molecule has 2 heterocycles. The summed E-state index contributed by atoms with van der Waals surface area (Å²) in [5, 5.41) is 0. The molecule has 108 valence electrons. The smallest absolute Gasteiger partial charge is 0.306 e. The molecule has 0 atom stereocenters. The highest BCUT2D eigenvalue weighted by Gasteiger charge is 2.05. The third-order valence-electron chi connectivity index (χ3n) is 3.36. The number of aryl methyl sites for hydroxylation is 2. The van der Waals surface area contributed by atoms with E-state index in [1.807, 2.05) is 24.3 Å². The molecule has 3 aromatic rings. The van der Waals surface area contributed by atoms with Crippen LogP contribution in [0.15, 0.2) is 50.9 Å². The van der Waals surface area contributed by atoms with Gasteiger partial charge in [-0.3, -0.25) is 14.3 Å². The van der Waals surface area contributed by atoms with E-state index in [1.54, 1.807) is 4.57 Å². The molecule has 3 rings (SSSR count). The number of nitrogens with one attached hydrogen (secondary N) is 2. The zero-order valence-corrected chi connectivity index (χ0v) is 11.2. The van der Waals surface area contributed by atoms with Crippen molar-refractivity contribution in [3.63, 3.8) is 0 Å². The highest BCUT2D eigenvalue weighted by Crippen LogP contribution is 2.09. The van der Waals surface area contributed by atoms with Gasteiger partial charge in [-0.25, -0.2) is 9.59 Å². The summed E-state index contributed by atoms with van der Waals surface area (Å²) in [4.78, 5) is 39.4. The molecule has 0 radical (unpaired) electrons. The average molecular weight is 286 g/mol. The molecule has 7 nitrogen and oxygen atoms in total. The first-order chi connectivity index (χ1) is 10.1. The van der Waals surface area contributed by atoms with Gasteiger partial charge in [0, 0.05) is 25.4 Å². The van der Waals surface area contributed by atoms with E-state index < -0.39 is 11.2 Å². The predicted octanol–water partition coefficient (Wildman–Crippen LogP) is 0.270. The summed E-state index contributed by atoms with van der Waals surface area (Å²) in [6, 6.07) is 8.76. The van der Waals surface area contributed by atoms with Crippen LogP contribution in [0.25, 0.3) is 11.0 Å². The van der Waals surface area contributed by atoms with E-state index in [-0.39, 0.29) is 5.69 Å². The van der Waals surface area contributed by atoms with Crippen LogP contribution < -0.4 is 16.9 Å². The molecule has 0 aliphatic heterocycles. The van der Waals surface area contributed by atoms with Gasteiger partial charge < -0.3 is 9.55 Å². The number of fused-ring (bicyclic) bond motifs is 1. The number of aromatic nitrogens is 4. The molecule has 0 spiro atoms. The Kier molecular flexibility index (Phi) is 3.31. The lowest BCUT2D eigenvalue weighted by Gasteiger charge is -2.05. The first-order valence-electron chi connectivity index (χ1n) is 6.62. The zero-order chi connectivity index (χ0) is 14.8. The van der Waals surface area contributed by atoms with E-state index in [4.69, 9.17) is 0 Å². The largest absolute Gasteiger partial charge is 0.328 e. The molecule has 2 N–H and O–H groups in total. The SMILES string of the molecule is O=c1ccn(CCCn2c(=O)[nH]c3ccccc32)c(=O)[nH]1. The summed E-state index contributed by atoms with van der Waals surface area (Å²) < 4.78 is 3.06. The first kappa shape index (κ1) is 13.2. The van der Waals surface area contributed by atoms with Crippen molar-refractivity contribution in [3.05, 3.63) is 67.9 Å². The lowest BCUT2D eigenvalue weighted by atomic mass is 10.3. The van der Waals surface area contributed by atoms with Crippen LogP contribution in [0.3, 0.4) is 0 Å². The Balaban J connectivity index is 1.78. The highest BCUT2D eigenvalue weighted by atomic mass is 16.2. The van der Waals surface area contributed by atoms with E-state index in [9.17, 15) is 14.4 Å². The monoisotopic (exact) mass is 286 g/mol. The third-order valence-corrected chi connectivity index (χ3v) is 3.36. The van der Waals surface area contributed by atoms with Gasteiger partial charge in [-0.1, -0.05) is 12.1 Å². The van der Waals surface area contributed by atoms with Gasteiger partial charge in [0.1, 0.15) is 0 Å². The number of hydrogen-bond donors (Lipinski definition) is 2. The molecule has 0 saturated heterocycles. The average Bonchev–Trinajstić information content (AvgIpc) is 2.77. The van der Waals surface area contributed by atoms with Crippen molar-refractivity contribution in [2.24, 2.45) is 0 Å². The van der Waals surface area contributed by atoms with Crippen LogP contribution in [-0.2, 0) is 13.1 Å². The lowest BCUT2D eigenvalue weighted by molar-refractivity contribution is 0.543. The molecule has 0 aliphatic carbocycles. The quantitative estimate of drug-likeness (QED) is 0.721. The molecule has 0 saturated carbocycles. The van der Waals surface area contributed by atoms with Crippen LogP contribution in [0, 0.1) is 0 Å². The normalized spacial score (nSPS) is 11.0. The number of imidazole rings is 1. The molecule has 2 aromatic heterocycles. The molecular weight excluding hydrogens is 272 g/mol. The van der Waals surface area contributed by atoms with Gasteiger partial charge in [0.05, 0.1) is 11.0 Å². The van der Waals surface area contributed by atoms with Crippen LogP contribution >= 0.6 is 0 Å². The van der Waals surface area contributed by atoms with Gasteiger partial charge in [0.15, 0.2) is 0 Å². The Morgan fingerprint density at radius 2 is 1.71 bits per heavy atom. The summed E-state index contributed by atoms with van der Waals surface area (Å²) in [5.74, 6) is 0. The molecule has 1 aromatic carbocycles. The van der Waals surface area contributed by atoms with Gasteiger partial charge in [-0.2, -0.15) is 0 Å². The maximum absolute atomic E-state index is 11.9. The number of aromatic amines is 2. The fourth-order valence-electron chi connectivity index (χ4n) is 2.35. The summed E-state index contributed by atoms with van der Waals surface area (Å²) in [6.07, 6.45) is 2.06. The number of benzene rings is 1. The third kappa shape index (κ3) is 2.58. The van der Waals surface area contributed by atoms with Crippen molar-refractivity contribution in [2.45, 2.75) is 19.5 Å². The molecule has 0 amide bonds. The van der Waals surface area contributed by atoms with E-state index in [0.717, 1.165) is 11.0 Å². The van der Waals surface area contributed by atoms with Crippen molar-refractivity contribution in [3.8, 4) is 0 Å². The number of hydrogen-bond acceptors (Lipinski definition) is 3. The number of nitrogens with zero attached hydrogens (tertiary/aromatic N) is 2. The highest BCUT2D eigenvalue weighted by molar-refractivity contribution is 5.74. The number of rotatable bonds is 4. The summed E-state index contributed by atoms with van der Waals surface area (Å²) >= 11 is 0. The topological polar surface area (TPSA) is 92.7 Å². The maximum atomic E-state index is 11.9. The minimum atomic E-state index is -0.436. The second-order valence-corrected chi connectivity index (χ2v) is 4.76. The van der Waals surface area contributed by atoms with Crippen molar-refractivity contribution in [1.29, 1.82) is 0 Å². The Labute approximate surface area is 118 Å². The van der Waals surface area contributed by atoms with Crippen molar-refractivity contribution < 1.29 is 0 Å². The van der Waals surface area contributed by atoms with E-state index in [0.29, 0.717) is 19.5 Å².